The summed E-state index contributed by atoms with van der Waals surface area (Å²) in [7, 11) is 0. The molecule has 0 bridgehead atoms. The molecule has 37 heavy (non-hydrogen) atoms. The summed E-state index contributed by atoms with van der Waals surface area (Å²) >= 11 is 6.79. The number of aromatic nitrogens is 2. The van der Waals surface area contributed by atoms with Gasteiger partial charge in [0.15, 0.2) is 6.61 Å². The van der Waals surface area contributed by atoms with Crippen LogP contribution in [0.1, 0.15) is 25.0 Å². The summed E-state index contributed by atoms with van der Waals surface area (Å²) in [6.07, 6.45) is 1.33. The minimum atomic E-state index is -0.679. The molecule has 0 aliphatic heterocycles. The van der Waals surface area contributed by atoms with Gasteiger partial charge in [0.1, 0.15) is 40.1 Å². The van der Waals surface area contributed by atoms with Gasteiger partial charge in [0.2, 0.25) is 0 Å². The average molecular weight is 526 g/mol. The molecular formula is C27H29ClFN5O3. The maximum Gasteiger partial charge on any atom is 0.255 e. The van der Waals surface area contributed by atoms with Crippen molar-refractivity contribution in [2.75, 3.05) is 18.5 Å². The van der Waals surface area contributed by atoms with Crippen molar-refractivity contribution in [2.45, 2.75) is 33.3 Å². The zero-order chi connectivity index (χ0) is 26.9. The fraction of sp³-hybridized carbons (Fsp3) is 0.259. The monoisotopic (exact) mass is 525 g/mol. The van der Waals surface area contributed by atoms with Gasteiger partial charge in [-0.3, -0.25) is 9.20 Å². The van der Waals surface area contributed by atoms with Crippen LogP contribution in [0.4, 0.5) is 15.9 Å². The summed E-state index contributed by atoms with van der Waals surface area (Å²) in [5, 5.41) is 3.67. The van der Waals surface area contributed by atoms with E-state index in [1.54, 1.807) is 22.6 Å². The highest BCUT2D eigenvalue weighted by atomic mass is 35.5. The number of aryl methyl sites for hydroxylation is 2. The number of halogens is 2. The lowest BCUT2D eigenvalue weighted by molar-refractivity contribution is -0.119. The number of anilines is 2. The molecule has 194 valence electrons. The Morgan fingerprint density at radius 3 is 2.54 bits per heavy atom. The number of hydrogen-bond donors (Lipinski definition) is 3. The molecule has 4 aromatic rings. The van der Waals surface area contributed by atoms with Crippen LogP contribution in [0, 0.1) is 19.7 Å². The van der Waals surface area contributed by atoms with E-state index in [1.807, 2.05) is 45.9 Å². The molecule has 10 heteroatoms. The van der Waals surface area contributed by atoms with Crippen molar-refractivity contribution in [3.8, 4) is 22.8 Å². The summed E-state index contributed by atoms with van der Waals surface area (Å²) in [6.45, 7) is 7.47. The second-order valence-corrected chi connectivity index (χ2v) is 9.78. The van der Waals surface area contributed by atoms with Gasteiger partial charge in [-0.05, 0) is 57.0 Å². The Balaban J connectivity index is 1.95. The van der Waals surface area contributed by atoms with Crippen molar-refractivity contribution in [3.05, 3.63) is 70.6 Å². The van der Waals surface area contributed by atoms with Gasteiger partial charge in [-0.15, -0.1) is 0 Å². The van der Waals surface area contributed by atoms with Crippen LogP contribution in [0.2, 0.25) is 5.02 Å². The number of nitrogens with two attached hydrogens (primary N) is 2. The number of imidazole rings is 1. The molecule has 1 amide bonds. The van der Waals surface area contributed by atoms with Gasteiger partial charge < -0.3 is 26.3 Å². The number of carbonyl (C=O) groups excluding carboxylic acids is 1. The number of nitrogens with zero attached hydrogens (tertiary/aromatic N) is 2. The summed E-state index contributed by atoms with van der Waals surface area (Å²) in [4.78, 5) is 16.3. The van der Waals surface area contributed by atoms with Crippen molar-refractivity contribution < 1.29 is 18.7 Å². The van der Waals surface area contributed by atoms with E-state index in [-0.39, 0.29) is 17.3 Å². The van der Waals surface area contributed by atoms with E-state index < -0.39 is 23.9 Å². The first-order chi connectivity index (χ1) is 17.5. The minimum absolute atomic E-state index is 0.225. The molecule has 0 unspecified atom stereocenters. The van der Waals surface area contributed by atoms with Gasteiger partial charge in [-0.25, -0.2) is 9.37 Å². The van der Waals surface area contributed by atoms with Gasteiger partial charge in [0.25, 0.3) is 5.91 Å². The summed E-state index contributed by atoms with van der Waals surface area (Å²) < 4.78 is 27.7. The smallest absolute Gasteiger partial charge is 0.255 e. The predicted molar refractivity (Wildman–Crippen MR) is 143 cm³/mol. The lowest BCUT2D eigenvalue weighted by atomic mass is 10.1. The molecule has 0 atom stereocenters. The molecule has 8 nitrogen and oxygen atoms in total. The van der Waals surface area contributed by atoms with E-state index in [2.05, 4.69) is 5.32 Å². The fourth-order valence-electron chi connectivity index (χ4n) is 3.91. The third-order valence-corrected chi connectivity index (χ3v) is 6.13. The van der Waals surface area contributed by atoms with Gasteiger partial charge in [-0.1, -0.05) is 29.8 Å². The van der Waals surface area contributed by atoms with Crippen LogP contribution >= 0.6 is 11.6 Å². The number of primary amides is 1. The third kappa shape index (κ3) is 5.63. The first-order valence-electron chi connectivity index (χ1n) is 11.6. The highest BCUT2D eigenvalue weighted by Crippen LogP contribution is 2.44. The Morgan fingerprint density at radius 2 is 1.89 bits per heavy atom. The Labute approximate surface area is 219 Å². The van der Waals surface area contributed by atoms with Gasteiger partial charge in [-0.2, -0.15) is 0 Å². The maximum absolute atomic E-state index is 14.3. The molecule has 0 fully saturated rings. The molecule has 2 heterocycles. The highest BCUT2D eigenvalue weighted by molar-refractivity contribution is 6.34. The molecule has 5 N–H and O–H groups in total. The van der Waals surface area contributed by atoms with Gasteiger partial charge >= 0.3 is 0 Å². The number of hydrogen-bond acceptors (Lipinski definition) is 6. The first-order valence-corrected chi connectivity index (χ1v) is 12.0. The maximum atomic E-state index is 14.3. The summed E-state index contributed by atoms with van der Waals surface area (Å²) in [5.74, 6) is -0.0225. The molecule has 2 aromatic heterocycles. The van der Waals surface area contributed by atoms with Crippen LogP contribution in [-0.2, 0) is 4.79 Å². The zero-order valence-corrected chi connectivity index (χ0v) is 21.8. The van der Waals surface area contributed by atoms with Crippen LogP contribution in [0.25, 0.3) is 16.9 Å². The third-order valence-electron chi connectivity index (χ3n) is 5.83. The second-order valence-electron chi connectivity index (χ2n) is 9.38. The number of benzene rings is 2. The highest BCUT2D eigenvalue weighted by Gasteiger charge is 2.25. The number of carbonyl (C=O) groups is 1. The summed E-state index contributed by atoms with van der Waals surface area (Å²) in [6, 6.07) is 12.0. The molecule has 4 rings (SSSR count). The zero-order valence-electron chi connectivity index (χ0n) is 21.1. The molecule has 0 spiro atoms. The number of rotatable bonds is 9. The van der Waals surface area contributed by atoms with Crippen molar-refractivity contribution in [1.82, 2.24) is 9.38 Å². The Bertz CT molecular complexity index is 1460. The minimum Gasteiger partial charge on any atom is -0.486 e. The average Bonchev–Trinajstić information content (AvgIpc) is 3.16. The normalized spacial score (nSPS) is 11.5. The topological polar surface area (TPSA) is 117 Å². The number of nitrogens with one attached hydrogen (secondary N) is 1. The quantitative estimate of drug-likeness (QED) is 0.279. The van der Waals surface area contributed by atoms with Crippen molar-refractivity contribution in [3.63, 3.8) is 0 Å². The van der Waals surface area contributed by atoms with Gasteiger partial charge in [0, 0.05) is 24.5 Å². The van der Waals surface area contributed by atoms with E-state index in [4.69, 9.17) is 37.5 Å². The van der Waals surface area contributed by atoms with Crippen molar-refractivity contribution in [2.24, 2.45) is 11.5 Å². The number of pyridine rings is 1. The van der Waals surface area contributed by atoms with Crippen LogP contribution < -0.4 is 26.3 Å². The standard InChI is InChI=1S/C27H29ClFN5O3/c1-15-6-5-7-16(2)24(15)33-26-25(32-22-9-8-17(29)12-34(22)26)23-19(28)10-18(37-27(3,4)14-30)11-20(23)36-13-21(31)35/h5-12,33H,13-14,30H2,1-4H3,(H2,31,35). The van der Waals surface area contributed by atoms with Gasteiger partial charge in [0.05, 0.1) is 10.6 Å². The molecular weight excluding hydrogens is 497 g/mol. The van der Waals surface area contributed by atoms with Crippen molar-refractivity contribution >= 4 is 34.7 Å². The lowest BCUT2D eigenvalue weighted by Gasteiger charge is -2.25. The van der Waals surface area contributed by atoms with E-state index in [0.29, 0.717) is 28.5 Å². The Hall–Kier alpha value is -3.82. The predicted octanol–water partition coefficient (Wildman–Crippen LogP) is 5.13. The van der Waals surface area contributed by atoms with E-state index in [9.17, 15) is 9.18 Å². The number of ether oxygens (including phenoxy) is 2. The number of para-hydroxylation sites is 1. The van der Waals surface area contributed by atoms with Crippen LogP contribution in [0.5, 0.6) is 11.5 Å². The van der Waals surface area contributed by atoms with E-state index >= 15 is 0 Å². The van der Waals surface area contributed by atoms with E-state index in [0.717, 1.165) is 16.8 Å². The van der Waals surface area contributed by atoms with Crippen LogP contribution in [0.3, 0.4) is 0 Å². The van der Waals surface area contributed by atoms with Crippen molar-refractivity contribution in [1.29, 1.82) is 0 Å². The molecule has 0 radical (unpaired) electrons. The Kier molecular flexibility index (Phi) is 7.29. The lowest BCUT2D eigenvalue weighted by Crippen LogP contribution is -2.37. The molecule has 0 aliphatic carbocycles. The SMILES string of the molecule is Cc1cccc(C)c1Nc1c(-c2c(Cl)cc(OC(C)(C)CN)cc2OCC(N)=O)nc2ccc(F)cn12. The Morgan fingerprint density at radius 1 is 1.19 bits per heavy atom. The molecule has 0 saturated carbocycles. The summed E-state index contributed by atoms with van der Waals surface area (Å²) in [5.41, 5.74) is 14.6. The molecule has 2 aromatic carbocycles. The number of fused-ring (bicyclic) bond motifs is 1. The van der Waals surface area contributed by atoms with E-state index in [1.165, 1.54) is 12.3 Å². The van der Waals surface area contributed by atoms with Crippen LogP contribution in [-0.4, -0.2) is 34.0 Å². The number of amides is 1. The molecule has 0 saturated heterocycles. The van der Waals surface area contributed by atoms with Crippen LogP contribution in [0.15, 0.2) is 48.7 Å². The first kappa shape index (κ1) is 26.2. The largest absolute Gasteiger partial charge is 0.486 e. The fourth-order valence-corrected chi connectivity index (χ4v) is 4.20. The second kappa shape index (κ2) is 10.3. The molecule has 0 aliphatic rings.